The molecule has 100 valence electrons. The molecule has 19 heavy (non-hydrogen) atoms. The molecule has 0 aliphatic heterocycles. The molecule has 1 unspecified atom stereocenters. The van der Waals surface area contributed by atoms with Gasteiger partial charge in [-0.25, -0.2) is 4.79 Å². The molecular weight excluding hydrogens is 310 g/mol. The summed E-state index contributed by atoms with van der Waals surface area (Å²) in [5.41, 5.74) is 1.01. The van der Waals surface area contributed by atoms with Crippen LogP contribution in [-0.2, 0) is 16.0 Å². The van der Waals surface area contributed by atoms with Crippen molar-refractivity contribution in [1.82, 2.24) is 5.32 Å². The average Bonchev–Trinajstić information content (AvgIpc) is 2.36. The van der Waals surface area contributed by atoms with E-state index in [1.165, 1.54) is 0 Å². The van der Waals surface area contributed by atoms with Crippen LogP contribution in [0.2, 0.25) is 0 Å². The van der Waals surface area contributed by atoms with Crippen molar-refractivity contribution in [2.75, 3.05) is 0 Å². The summed E-state index contributed by atoms with van der Waals surface area (Å²) in [6.45, 7) is 0. The molecular formula is C14H14BrNO3. The fourth-order valence-electron chi connectivity index (χ4n) is 1.53. The van der Waals surface area contributed by atoms with Gasteiger partial charge in [0.25, 0.3) is 0 Å². The lowest BCUT2D eigenvalue weighted by Gasteiger charge is -2.11. The lowest BCUT2D eigenvalue weighted by atomic mass is 10.1. The molecule has 0 spiro atoms. The van der Waals surface area contributed by atoms with Crippen molar-refractivity contribution in [3.8, 4) is 12.3 Å². The maximum atomic E-state index is 11.6. The molecule has 0 saturated carbocycles. The molecule has 0 heterocycles. The van der Waals surface area contributed by atoms with E-state index >= 15 is 0 Å². The zero-order valence-electron chi connectivity index (χ0n) is 10.2. The fourth-order valence-corrected chi connectivity index (χ4v) is 1.98. The quantitative estimate of drug-likeness (QED) is 0.787. The number of carbonyl (C=O) groups excluding carboxylic acids is 1. The molecule has 2 N–H and O–H groups in total. The van der Waals surface area contributed by atoms with Crippen LogP contribution in [0.1, 0.15) is 18.4 Å². The van der Waals surface area contributed by atoms with E-state index < -0.39 is 12.0 Å². The Balaban J connectivity index is 2.47. The molecule has 0 aliphatic carbocycles. The van der Waals surface area contributed by atoms with Crippen LogP contribution in [0.3, 0.4) is 0 Å². The number of rotatable bonds is 6. The van der Waals surface area contributed by atoms with Gasteiger partial charge in [0, 0.05) is 17.3 Å². The van der Waals surface area contributed by atoms with Crippen molar-refractivity contribution in [2.45, 2.75) is 25.3 Å². The number of terminal acetylenes is 1. The van der Waals surface area contributed by atoms with Gasteiger partial charge in [0.1, 0.15) is 6.04 Å². The summed E-state index contributed by atoms with van der Waals surface area (Å²) in [5.74, 6) is 0.800. The first-order valence-electron chi connectivity index (χ1n) is 5.73. The Morgan fingerprint density at radius 1 is 1.47 bits per heavy atom. The summed E-state index contributed by atoms with van der Waals surface area (Å²) in [6, 6.07) is 6.60. The molecule has 1 aromatic rings. The van der Waals surface area contributed by atoms with Crippen molar-refractivity contribution in [3.05, 3.63) is 34.3 Å². The number of aryl methyl sites for hydroxylation is 1. The minimum Gasteiger partial charge on any atom is -0.480 e. The van der Waals surface area contributed by atoms with Gasteiger partial charge in [-0.15, -0.1) is 12.3 Å². The van der Waals surface area contributed by atoms with E-state index in [2.05, 4.69) is 27.2 Å². The molecule has 0 bridgehead atoms. The normalized spacial score (nSPS) is 11.4. The monoisotopic (exact) mass is 323 g/mol. The average molecular weight is 324 g/mol. The third kappa shape index (κ3) is 5.58. The SMILES string of the molecule is C#CCC(NC(=O)CCc1cccc(Br)c1)C(=O)O. The van der Waals surface area contributed by atoms with Crippen molar-refractivity contribution in [2.24, 2.45) is 0 Å². The number of hydrogen-bond acceptors (Lipinski definition) is 2. The van der Waals surface area contributed by atoms with E-state index in [1.807, 2.05) is 24.3 Å². The van der Waals surface area contributed by atoms with E-state index in [0.717, 1.165) is 10.0 Å². The molecule has 1 atom stereocenters. The number of carboxylic acid groups (broad SMARTS) is 1. The lowest BCUT2D eigenvalue weighted by Crippen LogP contribution is -2.40. The van der Waals surface area contributed by atoms with Crippen LogP contribution < -0.4 is 5.32 Å². The number of amides is 1. The standard InChI is InChI=1S/C14H14BrNO3/c1-2-4-12(14(18)19)16-13(17)8-7-10-5-3-6-11(15)9-10/h1,3,5-6,9,12H,4,7-8H2,(H,16,17)(H,18,19). The van der Waals surface area contributed by atoms with Crippen molar-refractivity contribution < 1.29 is 14.7 Å². The maximum Gasteiger partial charge on any atom is 0.327 e. The third-order valence-corrected chi connectivity index (χ3v) is 2.98. The van der Waals surface area contributed by atoms with Crippen LogP contribution in [0.15, 0.2) is 28.7 Å². The van der Waals surface area contributed by atoms with E-state index in [-0.39, 0.29) is 18.7 Å². The van der Waals surface area contributed by atoms with E-state index in [1.54, 1.807) is 0 Å². The van der Waals surface area contributed by atoms with Gasteiger partial charge in [0.05, 0.1) is 0 Å². The minimum atomic E-state index is -1.12. The number of nitrogens with one attached hydrogen (secondary N) is 1. The Labute approximate surface area is 120 Å². The highest BCUT2D eigenvalue weighted by Gasteiger charge is 2.18. The molecule has 0 aromatic heterocycles. The highest BCUT2D eigenvalue weighted by molar-refractivity contribution is 9.10. The summed E-state index contributed by atoms with van der Waals surface area (Å²) >= 11 is 3.35. The molecule has 0 aliphatic rings. The van der Waals surface area contributed by atoms with Gasteiger partial charge in [0.15, 0.2) is 0 Å². The zero-order valence-corrected chi connectivity index (χ0v) is 11.8. The lowest BCUT2D eigenvalue weighted by molar-refractivity contribution is -0.141. The van der Waals surface area contributed by atoms with Gasteiger partial charge in [0.2, 0.25) is 5.91 Å². The number of carboxylic acids is 1. The van der Waals surface area contributed by atoms with Gasteiger partial charge in [-0.2, -0.15) is 0 Å². The van der Waals surface area contributed by atoms with Gasteiger partial charge < -0.3 is 10.4 Å². The number of aliphatic carboxylic acids is 1. The molecule has 5 heteroatoms. The smallest absolute Gasteiger partial charge is 0.327 e. The topological polar surface area (TPSA) is 66.4 Å². The fraction of sp³-hybridized carbons (Fsp3) is 0.286. The largest absolute Gasteiger partial charge is 0.480 e. The number of halogens is 1. The van der Waals surface area contributed by atoms with E-state index in [0.29, 0.717) is 6.42 Å². The van der Waals surface area contributed by atoms with E-state index in [9.17, 15) is 9.59 Å². The Morgan fingerprint density at radius 3 is 2.79 bits per heavy atom. The van der Waals surface area contributed by atoms with Crippen molar-refractivity contribution in [1.29, 1.82) is 0 Å². The molecule has 0 radical (unpaired) electrons. The van der Waals surface area contributed by atoms with Gasteiger partial charge in [-0.05, 0) is 24.1 Å². The van der Waals surface area contributed by atoms with Gasteiger partial charge >= 0.3 is 5.97 Å². The summed E-state index contributed by atoms with van der Waals surface area (Å²) in [4.78, 5) is 22.5. The van der Waals surface area contributed by atoms with Gasteiger partial charge in [-0.3, -0.25) is 4.79 Å². The van der Waals surface area contributed by atoms with Crippen molar-refractivity contribution >= 4 is 27.8 Å². The molecule has 0 saturated heterocycles. The molecule has 1 rings (SSSR count). The van der Waals surface area contributed by atoms with Crippen LogP contribution in [0.25, 0.3) is 0 Å². The molecule has 1 aromatic carbocycles. The minimum absolute atomic E-state index is 0.0159. The highest BCUT2D eigenvalue weighted by Crippen LogP contribution is 2.12. The summed E-state index contributed by atoms with van der Waals surface area (Å²) < 4.78 is 0.946. The highest BCUT2D eigenvalue weighted by atomic mass is 79.9. The van der Waals surface area contributed by atoms with E-state index in [4.69, 9.17) is 11.5 Å². The van der Waals surface area contributed by atoms with Gasteiger partial charge in [-0.1, -0.05) is 28.1 Å². The predicted octanol–water partition coefficient (Wildman–Crippen LogP) is 1.97. The van der Waals surface area contributed by atoms with Crippen LogP contribution in [0, 0.1) is 12.3 Å². The summed E-state index contributed by atoms with van der Waals surface area (Å²) in [6.07, 6.45) is 5.82. The number of hydrogen-bond donors (Lipinski definition) is 2. The molecule has 4 nitrogen and oxygen atoms in total. The number of benzene rings is 1. The molecule has 1 amide bonds. The zero-order chi connectivity index (χ0) is 14.3. The first-order chi connectivity index (χ1) is 9.02. The Bertz CT molecular complexity index is 508. The van der Waals surface area contributed by atoms with Crippen LogP contribution in [0.5, 0.6) is 0 Å². The Kier molecular flexibility index (Phi) is 6.10. The van der Waals surface area contributed by atoms with Crippen molar-refractivity contribution in [3.63, 3.8) is 0 Å². The first-order valence-corrected chi connectivity index (χ1v) is 6.52. The van der Waals surface area contributed by atoms with Crippen LogP contribution in [-0.4, -0.2) is 23.0 Å². The second-order valence-corrected chi connectivity index (χ2v) is 4.91. The number of carbonyl (C=O) groups is 2. The third-order valence-electron chi connectivity index (χ3n) is 2.49. The Morgan fingerprint density at radius 2 is 2.21 bits per heavy atom. The second kappa shape index (κ2) is 7.59. The van der Waals surface area contributed by atoms with Crippen LogP contribution >= 0.6 is 15.9 Å². The predicted molar refractivity (Wildman–Crippen MR) is 75.5 cm³/mol. The summed E-state index contributed by atoms with van der Waals surface area (Å²) in [5, 5.41) is 11.3. The second-order valence-electron chi connectivity index (χ2n) is 4.00. The Hall–Kier alpha value is -1.80. The molecule has 0 fully saturated rings. The maximum absolute atomic E-state index is 11.6. The first kappa shape index (κ1) is 15.3. The van der Waals surface area contributed by atoms with Crippen LogP contribution in [0.4, 0.5) is 0 Å². The summed E-state index contributed by atoms with van der Waals surface area (Å²) in [7, 11) is 0.